The monoisotopic (exact) mass is 541 g/mol. The zero-order chi connectivity index (χ0) is 27.8. The third kappa shape index (κ3) is 6.20. The molecule has 4 rings (SSSR count). The summed E-state index contributed by atoms with van der Waals surface area (Å²) in [5.41, 5.74) is -3.02. The van der Waals surface area contributed by atoms with Gasteiger partial charge in [-0.2, -0.15) is 8.78 Å². The predicted molar refractivity (Wildman–Crippen MR) is 145 cm³/mol. The number of fused-ring (bicyclic) bond motifs is 1. The van der Waals surface area contributed by atoms with Gasteiger partial charge in [0.1, 0.15) is 5.52 Å². The van der Waals surface area contributed by atoms with E-state index in [1.807, 2.05) is 59.3 Å². The number of nitrogens with zero attached hydrogens (tertiary/aromatic N) is 3. The summed E-state index contributed by atoms with van der Waals surface area (Å²) in [6, 6.07) is 23.2. The maximum Gasteiger partial charge on any atom is 0.405 e. The van der Waals surface area contributed by atoms with E-state index in [4.69, 9.17) is 9.05 Å². The van der Waals surface area contributed by atoms with Crippen molar-refractivity contribution < 1.29 is 22.4 Å². The van der Waals surface area contributed by atoms with Gasteiger partial charge < -0.3 is 0 Å². The van der Waals surface area contributed by atoms with E-state index in [1.54, 1.807) is 53.7 Å². The molecule has 0 radical (unpaired) electrons. The first-order valence-electron chi connectivity index (χ1n) is 12.5. The SMILES string of the molecule is CC(C)(C)OP(=O)(OC(C)(C)C)C(F)(F)c1ccc(CC(c2ccccc2)n2nnc3ccccc32)cc1. The van der Waals surface area contributed by atoms with E-state index in [0.717, 1.165) is 22.2 Å². The molecule has 0 saturated heterocycles. The van der Waals surface area contributed by atoms with Crippen molar-refractivity contribution in [3.8, 4) is 0 Å². The topological polar surface area (TPSA) is 66.2 Å². The molecule has 1 aromatic heterocycles. The molecular formula is C29H34F2N3O3P. The van der Waals surface area contributed by atoms with Crippen LogP contribution < -0.4 is 0 Å². The molecule has 0 bridgehead atoms. The first-order chi connectivity index (χ1) is 17.7. The molecule has 0 aliphatic carbocycles. The fourth-order valence-corrected chi connectivity index (χ4v) is 6.39. The average Bonchev–Trinajstić information content (AvgIpc) is 3.25. The van der Waals surface area contributed by atoms with Crippen LogP contribution in [0.4, 0.5) is 8.78 Å². The summed E-state index contributed by atoms with van der Waals surface area (Å²) in [5, 5.41) is 8.70. The molecule has 0 aliphatic rings. The average molecular weight is 542 g/mol. The summed E-state index contributed by atoms with van der Waals surface area (Å²) in [5.74, 6) is 0. The Hall–Kier alpha value is -2.93. The molecule has 0 aliphatic heterocycles. The molecule has 0 amide bonds. The van der Waals surface area contributed by atoms with Crippen molar-refractivity contribution in [3.63, 3.8) is 0 Å². The van der Waals surface area contributed by atoms with Gasteiger partial charge in [0, 0.05) is 5.56 Å². The molecule has 9 heteroatoms. The maximum atomic E-state index is 15.8. The minimum Gasteiger partial charge on any atom is -0.298 e. The van der Waals surface area contributed by atoms with Gasteiger partial charge in [-0.15, -0.1) is 5.10 Å². The van der Waals surface area contributed by atoms with E-state index in [-0.39, 0.29) is 6.04 Å². The molecule has 1 atom stereocenters. The molecule has 1 unspecified atom stereocenters. The van der Waals surface area contributed by atoms with E-state index in [1.165, 1.54) is 12.1 Å². The highest BCUT2D eigenvalue weighted by Crippen LogP contribution is 2.69. The zero-order valence-corrected chi connectivity index (χ0v) is 23.5. The normalized spacial score (nSPS) is 14.1. The van der Waals surface area contributed by atoms with Crippen molar-refractivity contribution in [3.05, 3.63) is 95.6 Å². The van der Waals surface area contributed by atoms with Crippen molar-refractivity contribution >= 4 is 18.6 Å². The summed E-state index contributed by atoms with van der Waals surface area (Å²) < 4.78 is 57.9. The van der Waals surface area contributed by atoms with Crippen LogP contribution in [0.3, 0.4) is 0 Å². The number of rotatable bonds is 8. The number of halogens is 2. The van der Waals surface area contributed by atoms with Gasteiger partial charge in [0.15, 0.2) is 0 Å². The van der Waals surface area contributed by atoms with Gasteiger partial charge in [-0.25, -0.2) is 4.68 Å². The van der Waals surface area contributed by atoms with E-state index in [9.17, 15) is 4.57 Å². The van der Waals surface area contributed by atoms with Crippen LogP contribution in [0, 0.1) is 0 Å². The Balaban J connectivity index is 1.68. The van der Waals surface area contributed by atoms with Gasteiger partial charge in [-0.05, 0) is 71.2 Å². The van der Waals surface area contributed by atoms with Crippen LogP contribution in [0.1, 0.15) is 64.3 Å². The Labute approximate surface area is 222 Å². The fraction of sp³-hybridized carbons (Fsp3) is 0.379. The van der Waals surface area contributed by atoms with Crippen molar-refractivity contribution in [2.24, 2.45) is 0 Å². The fourth-order valence-electron chi connectivity index (χ4n) is 4.22. The maximum absolute atomic E-state index is 15.8. The molecule has 0 spiro atoms. The van der Waals surface area contributed by atoms with Crippen LogP contribution in [0.15, 0.2) is 78.9 Å². The Kier molecular flexibility index (Phi) is 7.63. The van der Waals surface area contributed by atoms with E-state index >= 15 is 8.78 Å². The van der Waals surface area contributed by atoms with Gasteiger partial charge in [0.05, 0.1) is 22.8 Å². The number of aromatic nitrogens is 3. The van der Waals surface area contributed by atoms with Crippen molar-refractivity contribution in [1.82, 2.24) is 15.0 Å². The Morgan fingerprint density at radius 3 is 1.95 bits per heavy atom. The molecule has 202 valence electrons. The number of benzene rings is 3. The van der Waals surface area contributed by atoms with Crippen LogP contribution in [0.5, 0.6) is 0 Å². The first-order valence-corrected chi connectivity index (χ1v) is 14.1. The minimum atomic E-state index is -4.90. The van der Waals surface area contributed by atoms with Gasteiger partial charge in [0.25, 0.3) is 0 Å². The highest BCUT2D eigenvalue weighted by molar-refractivity contribution is 7.54. The van der Waals surface area contributed by atoms with E-state index < -0.39 is 30.0 Å². The lowest BCUT2D eigenvalue weighted by Crippen LogP contribution is -2.30. The molecule has 38 heavy (non-hydrogen) atoms. The summed E-state index contributed by atoms with van der Waals surface area (Å²) in [4.78, 5) is 0. The minimum absolute atomic E-state index is 0.213. The molecule has 4 aromatic rings. The highest BCUT2D eigenvalue weighted by Gasteiger charge is 2.58. The first kappa shape index (κ1) is 28.1. The largest absolute Gasteiger partial charge is 0.405 e. The summed E-state index contributed by atoms with van der Waals surface area (Å²) in [6.07, 6.45) is 0.484. The third-order valence-corrected chi connectivity index (χ3v) is 8.24. The van der Waals surface area contributed by atoms with Crippen molar-refractivity contribution in [1.29, 1.82) is 0 Å². The van der Waals surface area contributed by atoms with Crippen LogP contribution in [-0.2, 0) is 25.7 Å². The third-order valence-electron chi connectivity index (χ3n) is 5.72. The smallest absolute Gasteiger partial charge is 0.298 e. The highest BCUT2D eigenvalue weighted by atomic mass is 31.2. The van der Waals surface area contributed by atoms with Gasteiger partial charge in [0.2, 0.25) is 0 Å². The molecule has 3 aromatic carbocycles. The van der Waals surface area contributed by atoms with E-state index in [0.29, 0.717) is 6.42 Å². The van der Waals surface area contributed by atoms with Crippen molar-refractivity contribution in [2.75, 3.05) is 0 Å². The van der Waals surface area contributed by atoms with Crippen LogP contribution >= 0.6 is 7.60 Å². The van der Waals surface area contributed by atoms with Gasteiger partial charge in [-0.3, -0.25) is 13.6 Å². The molecule has 6 nitrogen and oxygen atoms in total. The second-order valence-electron chi connectivity index (χ2n) is 11.3. The molecule has 0 N–H and O–H groups in total. The number of hydrogen-bond acceptors (Lipinski definition) is 5. The lowest BCUT2D eigenvalue weighted by molar-refractivity contribution is -0.0213. The van der Waals surface area contributed by atoms with Crippen LogP contribution in [-0.4, -0.2) is 26.2 Å². The second-order valence-corrected chi connectivity index (χ2v) is 13.2. The number of hydrogen-bond donors (Lipinski definition) is 0. The van der Waals surface area contributed by atoms with Gasteiger partial charge >= 0.3 is 13.3 Å². The lowest BCUT2D eigenvalue weighted by Gasteiger charge is -2.36. The zero-order valence-electron chi connectivity index (χ0n) is 22.6. The Morgan fingerprint density at radius 2 is 1.37 bits per heavy atom. The van der Waals surface area contributed by atoms with Crippen molar-refractivity contribution in [2.45, 2.75) is 70.9 Å². The lowest BCUT2D eigenvalue weighted by atomic mass is 9.98. The number of alkyl halides is 2. The van der Waals surface area contributed by atoms with Crippen LogP contribution in [0.25, 0.3) is 11.0 Å². The summed E-state index contributed by atoms with van der Waals surface area (Å²) in [7, 11) is -4.90. The Bertz CT molecular complexity index is 1410. The molecule has 1 heterocycles. The van der Waals surface area contributed by atoms with Crippen LogP contribution in [0.2, 0.25) is 0 Å². The quantitative estimate of drug-likeness (QED) is 0.211. The number of para-hydroxylation sites is 1. The predicted octanol–water partition coefficient (Wildman–Crippen LogP) is 8.14. The molecule has 0 saturated carbocycles. The molecular weight excluding hydrogens is 507 g/mol. The van der Waals surface area contributed by atoms with Gasteiger partial charge in [-0.1, -0.05) is 71.9 Å². The summed E-state index contributed by atoms with van der Waals surface area (Å²) >= 11 is 0. The molecule has 0 fully saturated rings. The Morgan fingerprint density at radius 1 is 0.816 bits per heavy atom. The standard InChI is InChI=1S/C29H34F2N3O3P/c1-27(2,3)36-38(35,37-28(4,5)6)29(30,31)23-18-16-21(17-19-23)20-26(22-12-8-7-9-13-22)34-25-15-11-10-14-24(25)32-33-34/h7-19,26H,20H2,1-6H3. The second kappa shape index (κ2) is 10.3. The van der Waals surface area contributed by atoms with E-state index in [2.05, 4.69) is 10.3 Å². The summed E-state index contributed by atoms with van der Waals surface area (Å²) in [6.45, 7) is 9.43.